The number of nitrogens with one attached hydrogen (secondary N) is 1. The van der Waals surface area contributed by atoms with Crippen molar-refractivity contribution in [1.82, 2.24) is 9.97 Å². The number of fused-ring (bicyclic) bond motifs is 4. The molecule has 0 saturated heterocycles. The highest BCUT2D eigenvalue weighted by Crippen LogP contribution is 2.37. The van der Waals surface area contributed by atoms with Crippen LogP contribution in [-0.2, 0) is 0 Å². The maximum absolute atomic E-state index is 12.6. The summed E-state index contributed by atoms with van der Waals surface area (Å²) in [5, 5.41) is 3.40. The van der Waals surface area contributed by atoms with E-state index in [0.717, 1.165) is 20.4 Å². The van der Waals surface area contributed by atoms with Crippen molar-refractivity contribution in [2.45, 2.75) is 0 Å². The van der Waals surface area contributed by atoms with Gasteiger partial charge in [0.15, 0.2) is 16.6 Å². The molecular formula is C16H9N3O3S2. The van der Waals surface area contributed by atoms with Gasteiger partial charge >= 0.3 is 0 Å². The van der Waals surface area contributed by atoms with Gasteiger partial charge in [0.25, 0.3) is 5.91 Å². The first-order valence-electron chi connectivity index (χ1n) is 7.12. The standard InChI is InChI=1S/C16H9N3O3S2/c20-15(8-2-1-3-11-12(8)22-7-21-11)19-16-18-10-5-4-9-13(14(10)24-16)23-6-17-9/h1-6H,7H2,(H,18,19,20). The molecule has 3 heterocycles. The Balaban J connectivity index is 1.52. The first-order chi connectivity index (χ1) is 11.8. The van der Waals surface area contributed by atoms with Gasteiger partial charge in [-0.25, -0.2) is 9.97 Å². The van der Waals surface area contributed by atoms with E-state index in [1.54, 1.807) is 29.5 Å². The number of para-hydroxylation sites is 1. The number of hydrogen-bond donors (Lipinski definition) is 1. The number of aromatic nitrogens is 2. The zero-order chi connectivity index (χ0) is 16.1. The summed E-state index contributed by atoms with van der Waals surface area (Å²) in [6, 6.07) is 9.10. The highest BCUT2D eigenvalue weighted by molar-refractivity contribution is 7.28. The van der Waals surface area contributed by atoms with E-state index in [1.807, 2.05) is 17.6 Å². The van der Waals surface area contributed by atoms with Crippen LogP contribution in [0.5, 0.6) is 11.5 Å². The van der Waals surface area contributed by atoms with Crippen molar-refractivity contribution < 1.29 is 14.3 Å². The molecule has 1 amide bonds. The van der Waals surface area contributed by atoms with Gasteiger partial charge in [0.1, 0.15) is 0 Å². The molecule has 1 N–H and O–H groups in total. The number of nitrogens with zero attached hydrogens (tertiary/aromatic N) is 2. The highest BCUT2D eigenvalue weighted by Gasteiger charge is 2.22. The van der Waals surface area contributed by atoms with Crippen molar-refractivity contribution in [1.29, 1.82) is 0 Å². The first-order valence-corrected chi connectivity index (χ1v) is 8.82. The molecular weight excluding hydrogens is 346 g/mol. The average Bonchev–Trinajstić information content (AvgIpc) is 3.31. The van der Waals surface area contributed by atoms with Crippen molar-refractivity contribution in [3.05, 3.63) is 41.4 Å². The van der Waals surface area contributed by atoms with Crippen LogP contribution in [0.15, 0.2) is 35.8 Å². The fourth-order valence-corrected chi connectivity index (χ4v) is 4.53. The van der Waals surface area contributed by atoms with Gasteiger partial charge in [0, 0.05) is 0 Å². The second kappa shape index (κ2) is 5.15. The van der Waals surface area contributed by atoms with Gasteiger partial charge in [-0.3, -0.25) is 10.1 Å². The van der Waals surface area contributed by atoms with E-state index in [9.17, 15) is 4.79 Å². The number of thiazole rings is 2. The van der Waals surface area contributed by atoms with Crippen LogP contribution in [0.25, 0.3) is 20.4 Å². The summed E-state index contributed by atoms with van der Waals surface area (Å²) in [4.78, 5) is 21.4. The minimum atomic E-state index is -0.267. The third-order valence-electron chi connectivity index (χ3n) is 3.72. The minimum absolute atomic E-state index is 0.129. The predicted molar refractivity (Wildman–Crippen MR) is 93.3 cm³/mol. The lowest BCUT2D eigenvalue weighted by atomic mass is 10.2. The summed E-state index contributed by atoms with van der Waals surface area (Å²) in [5.41, 5.74) is 4.05. The number of carbonyl (C=O) groups excluding carboxylic acids is 1. The molecule has 2 aromatic carbocycles. The summed E-state index contributed by atoms with van der Waals surface area (Å²) in [6.45, 7) is 0.129. The Hall–Kier alpha value is -2.71. The van der Waals surface area contributed by atoms with E-state index in [-0.39, 0.29) is 12.7 Å². The highest BCUT2D eigenvalue weighted by atomic mass is 32.1. The summed E-state index contributed by atoms with van der Waals surface area (Å²) in [5.74, 6) is 0.788. The van der Waals surface area contributed by atoms with Crippen LogP contribution in [0.3, 0.4) is 0 Å². The summed E-state index contributed by atoms with van der Waals surface area (Å²) < 4.78 is 12.8. The summed E-state index contributed by atoms with van der Waals surface area (Å²) >= 11 is 3.01. The number of anilines is 1. The van der Waals surface area contributed by atoms with Gasteiger partial charge < -0.3 is 9.47 Å². The molecule has 0 spiro atoms. The molecule has 5 rings (SSSR count). The zero-order valence-electron chi connectivity index (χ0n) is 12.1. The summed E-state index contributed by atoms with van der Waals surface area (Å²) in [7, 11) is 0. The molecule has 0 unspecified atom stereocenters. The second-order valence-electron chi connectivity index (χ2n) is 5.13. The molecule has 0 fully saturated rings. The van der Waals surface area contributed by atoms with Gasteiger partial charge in [-0.15, -0.1) is 11.3 Å². The monoisotopic (exact) mass is 355 g/mol. The van der Waals surface area contributed by atoms with Crippen molar-refractivity contribution >= 4 is 54.1 Å². The quantitative estimate of drug-likeness (QED) is 0.590. The number of rotatable bonds is 2. The van der Waals surface area contributed by atoms with Gasteiger partial charge in [-0.05, 0) is 24.3 Å². The lowest BCUT2D eigenvalue weighted by Crippen LogP contribution is -2.12. The van der Waals surface area contributed by atoms with Crippen LogP contribution in [-0.4, -0.2) is 22.7 Å². The maximum Gasteiger partial charge on any atom is 0.261 e. The van der Waals surface area contributed by atoms with Gasteiger partial charge in [0.2, 0.25) is 6.79 Å². The first kappa shape index (κ1) is 13.7. The molecule has 0 saturated carbocycles. The van der Waals surface area contributed by atoms with Crippen molar-refractivity contribution in [3.8, 4) is 11.5 Å². The van der Waals surface area contributed by atoms with Crippen molar-refractivity contribution in [2.24, 2.45) is 0 Å². The van der Waals surface area contributed by atoms with E-state index in [1.165, 1.54) is 11.3 Å². The molecule has 8 heteroatoms. The van der Waals surface area contributed by atoms with Crippen LogP contribution < -0.4 is 14.8 Å². The Labute approximate surface area is 143 Å². The Kier molecular flexibility index (Phi) is 2.94. The fraction of sp³-hybridized carbons (Fsp3) is 0.0625. The molecule has 6 nitrogen and oxygen atoms in total. The Morgan fingerprint density at radius 2 is 2.04 bits per heavy atom. The van der Waals surface area contributed by atoms with E-state index in [0.29, 0.717) is 22.2 Å². The van der Waals surface area contributed by atoms with Crippen molar-refractivity contribution in [2.75, 3.05) is 12.1 Å². The predicted octanol–water partition coefficient (Wildman–Crippen LogP) is 3.89. The molecule has 4 aromatic rings. The molecule has 1 aliphatic heterocycles. The molecule has 0 atom stereocenters. The Bertz CT molecular complexity index is 1100. The third kappa shape index (κ3) is 2.04. The van der Waals surface area contributed by atoms with E-state index < -0.39 is 0 Å². The number of amides is 1. The fourth-order valence-electron chi connectivity index (χ4n) is 2.64. The Morgan fingerprint density at radius 1 is 1.12 bits per heavy atom. The molecule has 0 aliphatic carbocycles. The zero-order valence-corrected chi connectivity index (χ0v) is 13.7. The minimum Gasteiger partial charge on any atom is -0.454 e. The molecule has 0 radical (unpaired) electrons. The molecule has 24 heavy (non-hydrogen) atoms. The maximum atomic E-state index is 12.6. The van der Waals surface area contributed by atoms with Gasteiger partial charge in [0.05, 0.1) is 31.5 Å². The number of ether oxygens (including phenoxy) is 2. The van der Waals surface area contributed by atoms with E-state index >= 15 is 0 Å². The number of carbonyl (C=O) groups is 1. The van der Waals surface area contributed by atoms with Crippen molar-refractivity contribution in [3.63, 3.8) is 0 Å². The largest absolute Gasteiger partial charge is 0.454 e. The third-order valence-corrected chi connectivity index (χ3v) is 5.71. The normalized spacial score (nSPS) is 12.8. The number of hydrogen-bond acceptors (Lipinski definition) is 7. The average molecular weight is 355 g/mol. The van der Waals surface area contributed by atoms with Crippen LogP contribution >= 0.6 is 22.7 Å². The lowest BCUT2D eigenvalue weighted by molar-refractivity contribution is 0.102. The number of benzene rings is 2. The molecule has 0 bridgehead atoms. The topological polar surface area (TPSA) is 73.3 Å². The molecule has 1 aliphatic rings. The van der Waals surface area contributed by atoms with Gasteiger partial charge in [-0.1, -0.05) is 17.4 Å². The Morgan fingerprint density at radius 3 is 3.00 bits per heavy atom. The van der Waals surface area contributed by atoms with Crippen LogP contribution in [0.1, 0.15) is 10.4 Å². The molecule has 2 aromatic heterocycles. The SMILES string of the molecule is O=C(Nc1nc2ccc3ncsc3c2s1)c1cccc2c1OCO2. The summed E-state index contributed by atoms with van der Waals surface area (Å²) in [6.07, 6.45) is 0. The smallest absolute Gasteiger partial charge is 0.261 e. The second-order valence-corrected chi connectivity index (χ2v) is 6.98. The molecule has 118 valence electrons. The van der Waals surface area contributed by atoms with Crippen LogP contribution in [0, 0.1) is 0 Å². The van der Waals surface area contributed by atoms with E-state index in [2.05, 4.69) is 15.3 Å². The van der Waals surface area contributed by atoms with Crippen LogP contribution in [0.4, 0.5) is 5.13 Å². The van der Waals surface area contributed by atoms with Gasteiger partial charge in [-0.2, -0.15) is 0 Å². The van der Waals surface area contributed by atoms with E-state index in [4.69, 9.17) is 9.47 Å². The lowest BCUT2D eigenvalue weighted by Gasteiger charge is -2.04. The van der Waals surface area contributed by atoms with Crippen LogP contribution in [0.2, 0.25) is 0 Å².